The second kappa shape index (κ2) is 4.82. The quantitative estimate of drug-likeness (QED) is 0.686. The molecule has 98 valence electrons. The zero-order valence-electron chi connectivity index (χ0n) is 10.0. The number of H-pyrrole nitrogens is 2. The molecule has 3 aromatic rings. The summed E-state index contributed by atoms with van der Waals surface area (Å²) in [5.74, 6) is 0. The topological polar surface area (TPSA) is 73.6 Å². The second-order valence-electron chi connectivity index (χ2n) is 4.19. The number of imidazole rings is 1. The van der Waals surface area contributed by atoms with Gasteiger partial charge in [-0.3, -0.25) is 0 Å². The van der Waals surface area contributed by atoms with Gasteiger partial charge in [-0.1, -0.05) is 0 Å². The normalized spacial score (nSPS) is 12.7. The molecule has 0 radical (unpaired) electrons. The Balaban J connectivity index is 1.96. The molecule has 0 bridgehead atoms. The van der Waals surface area contributed by atoms with E-state index in [1.807, 2.05) is 17.5 Å². The minimum atomic E-state index is -0.202. The highest BCUT2D eigenvalue weighted by molar-refractivity contribution is 9.10. The first-order valence-electron chi connectivity index (χ1n) is 5.71. The Bertz CT molecular complexity index is 762. The van der Waals surface area contributed by atoms with Crippen molar-refractivity contribution < 1.29 is 0 Å². The molecule has 5 nitrogen and oxygen atoms in total. The highest BCUT2D eigenvalue weighted by Gasteiger charge is 2.11. The van der Waals surface area contributed by atoms with Crippen LogP contribution in [0.1, 0.15) is 18.0 Å². The van der Waals surface area contributed by atoms with Gasteiger partial charge in [0, 0.05) is 16.0 Å². The van der Waals surface area contributed by atoms with Gasteiger partial charge in [-0.15, -0.1) is 11.3 Å². The van der Waals surface area contributed by atoms with Crippen LogP contribution in [0.4, 0.5) is 5.69 Å². The van der Waals surface area contributed by atoms with Crippen LogP contribution >= 0.6 is 27.3 Å². The summed E-state index contributed by atoms with van der Waals surface area (Å²) in [5.41, 5.74) is 2.28. The van der Waals surface area contributed by atoms with Gasteiger partial charge in [0.1, 0.15) is 5.01 Å². The van der Waals surface area contributed by atoms with E-state index >= 15 is 0 Å². The lowest BCUT2D eigenvalue weighted by Crippen LogP contribution is -2.06. The lowest BCUT2D eigenvalue weighted by atomic mass is 10.2. The van der Waals surface area contributed by atoms with Gasteiger partial charge in [-0.25, -0.2) is 9.78 Å². The number of fused-ring (bicyclic) bond motifs is 1. The predicted molar refractivity (Wildman–Crippen MR) is 80.8 cm³/mol. The number of aromatic nitrogens is 3. The number of thiazole rings is 1. The van der Waals surface area contributed by atoms with Gasteiger partial charge in [0.25, 0.3) is 0 Å². The van der Waals surface area contributed by atoms with Crippen LogP contribution < -0.4 is 11.0 Å². The highest BCUT2D eigenvalue weighted by atomic mass is 79.9. The largest absolute Gasteiger partial charge is 0.375 e. The molecule has 2 aromatic heterocycles. The number of hydrogen-bond acceptors (Lipinski definition) is 4. The van der Waals surface area contributed by atoms with Crippen molar-refractivity contribution in [3.8, 4) is 0 Å². The maximum Gasteiger partial charge on any atom is 0.323 e. The van der Waals surface area contributed by atoms with E-state index in [-0.39, 0.29) is 11.7 Å². The molecule has 2 heterocycles. The first-order valence-corrected chi connectivity index (χ1v) is 7.38. The van der Waals surface area contributed by atoms with E-state index in [0.29, 0.717) is 0 Å². The van der Waals surface area contributed by atoms with Crippen molar-refractivity contribution in [3.05, 3.63) is 43.7 Å². The van der Waals surface area contributed by atoms with E-state index in [4.69, 9.17) is 0 Å². The number of benzene rings is 1. The maximum absolute atomic E-state index is 11.3. The standard InChI is InChI=1S/C12H11BrN4OS/c1-6(11-14-2-3-19-11)15-8-5-10-9(4-7(8)13)16-12(18)17-10/h2-6,15H,1H3,(H2,16,17,18). The molecule has 0 aliphatic carbocycles. The molecule has 1 atom stereocenters. The van der Waals surface area contributed by atoms with Crippen LogP contribution in [0, 0.1) is 0 Å². The lowest BCUT2D eigenvalue weighted by molar-refractivity contribution is 0.869. The zero-order valence-corrected chi connectivity index (χ0v) is 12.4. The monoisotopic (exact) mass is 338 g/mol. The number of nitrogens with one attached hydrogen (secondary N) is 3. The number of hydrogen-bond donors (Lipinski definition) is 3. The average molecular weight is 339 g/mol. The Hall–Kier alpha value is -1.60. The van der Waals surface area contributed by atoms with Crippen LogP contribution in [0.5, 0.6) is 0 Å². The Morgan fingerprint density at radius 1 is 1.37 bits per heavy atom. The molecule has 3 rings (SSSR count). The minimum absolute atomic E-state index is 0.111. The van der Waals surface area contributed by atoms with Crippen LogP contribution in [0.25, 0.3) is 11.0 Å². The molecule has 0 saturated heterocycles. The molecule has 0 fully saturated rings. The first-order chi connectivity index (χ1) is 9.13. The van der Waals surface area contributed by atoms with Gasteiger partial charge in [0.2, 0.25) is 0 Å². The van der Waals surface area contributed by atoms with Crippen molar-refractivity contribution in [1.82, 2.24) is 15.0 Å². The fraction of sp³-hybridized carbons (Fsp3) is 0.167. The molecule has 0 aliphatic heterocycles. The molecule has 1 unspecified atom stereocenters. The van der Waals surface area contributed by atoms with Gasteiger partial charge < -0.3 is 15.3 Å². The molecule has 19 heavy (non-hydrogen) atoms. The maximum atomic E-state index is 11.3. The van der Waals surface area contributed by atoms with E-state index in [9.17, 15) is 4.79 Å². The SMILES string of the molecule is CC(Nc1cc2[nH]c(=O)[nH]c2cc1Br)c1nccs1. The summed E-state index contributed by atoms with van der Waals surface area (Å²) in [4.78, 5) is 21.0. The van der Waals surface area contributed by atoms with Crippen molar-refractivity contribution >= 4 is 44.0 Å². The van der Waals surface area contributed by atoms with Crippen LogP contribution in [0.15, 0.2) is 33.0 Å². The van der Waals surface area contributed by atoms with E-state index < -0.39 is 0 Å². The molecular formula is C12H11BrN4OS. The van der Waals surface area contributed by atoms with Crippen molar-refractivity contribution in [2.24, 2.45) is 0 Å². The van der Waals surface area contributed by atoms with Gasteiger partial charge in [-0.2, -0.15) is 0 Å². The summed E-state index contributed by atoms with van der Waals surface area (Å²) in [7, 11) is 0. The summed E-state index contributed by atoms with van der Waals surface area (Å²) >= 11 is 5.11. The second-order valence-corrected chi connectivity index (χ2v) is 5.97. The number of rotatable bonds is 3. The van der Waals surface area contributed by atoms with Gasteiger partial charge in [0.05, 0.1) is 22.8 Å². The molecule has 1 aromatic carbocycles. The molecular weight excluding hydrogens is 328 g/mol. The summed E-state index contributed by atoms with van der Waals surface area (Å²) in [6.07, 6.45) is 1.79. The molecule has 7 heteroatoms. The van der Waals surface area contributed by atoms with Crippen LogP contribution in [0.2, 0.25) is 0 Å². The van der Waals surface area contributed by atoms with Crippen molar-refractivity contribution in [2.75, 3.05) is 5.32 Å². The van der Waals surface area contributed by atoms with Crippen molar-refractivity contribution in [1.29, 1.82) is 0 Å². The zero-order chi connectivity index (χ0) is 13.4. The van der Waals surface area contributed by atoms with Gasteiger partial charge >= 0.3 is 5.69 Å². The summed E-state index contributed by atoms with van der Waals surface area (Å²) < 4.78 is 0.902. The smallest absolute Gasteiger partial charge is 0.323 e. The first kappa shape index (κ1) is 12.4. The van der Waals surface area contributed by atoms with Crippen molar-refractivity contribution in [2.45, 2.75) is 13.0 Å². The van der Waals surface area contributed by atoms with E-state index in [1.54, 1.807) is 17.5 Å². The third kappa shape index (κ3) is 2.43. The Labute approximate surface area is 121 Å². The van der Waals surface area contributed by atoms with Crippen LogP contribution in [-0.4, -0.2) is 15.0 Å². The van der Waals surface area contributed by atoms with Crippen molar-refractivity contribution in [3.63, 3.8) is 0 Å². The Morgan fingerprint density at radius 2 is 2.11 bits per heavy atom. The third-order valence-corrected chi connectivity index (χ3v) is 4.41. The molecule has 0 aliphatic rings. The van der Waals surface area contributed by atoms with Gasteiger partial charge in [-0.05, 0) is 35.0 Å². The number of anilines is 1. The molecule has 0 saturated carbocycles. The number of nitrogens with zero attached hydrogens (tertiary/aromatic N) is 1. The molecule has 3 N–H and O–H groups in total. The van der Waals surface area contributed by atoms with E-state index in [0.717, 1.165) is 26.2 Å². The fourth-order valence-corrected chi connectivity index (χ4v) is 3.01. The van der Waals surface area contributed by atoms with E-state index in [1.165, 1.54) is 0 Å². The number of aromatic amines is 2. The highest BCUT2D eigenvalue weighted by Crippen LogP contribution is 2.30. The summed E-state index contributed by atoms with van der Waals surface area (Å²) in [6.45, 7) is 2.05. The predicted octanol–water partition coefficient (Wildman–Crippen LogP) is 3.25. The third-order valence-electron chi connectivity index (χ3n) is 2.80. The van der Waals surface area contributed by atoms with E-state index in [2.05, 4.69) is 43.1 Å². The molecule has 0 spiro atoms. The fourth-order valence-electron chi connectivity index (χ4n) is 1.91. The van der Waals surface area contributed by atoms with Gasteiger partial charge in [0.15, 0.2) is 0 Å². The summed E-state index contributed by atoms with van der Waals surface area (Å²) in [5, 5.41) is 6.36. The lowest BCUT2D eigenvalue weighted by Gasteiger charge is -2.14. The molecule has 0 amide bonds. The Kier molecular flexibility index (Phi) is 3.16. The minimum Gasteiger partial charge on any atom is -0.375 e. The van der Waals surface area contributed by atoms with Crippen LogP contribution in [0.3, 0.4) is 0 Å². The van der Waals surface area contributed by atoms with Crippen LogP contribution in [-0.2, 0) is 0 Å². The average Bonchev–Trinajstić information content (AvgIpc) is 2.97. The summed E-state index contributed by atoms with van der Waals surface area (Å²) in [6, 6.07) is 3.89. The Morgan fingerprint density at radius 3 is 2.79 bits per heavy atom. The number of halogens is 1.